The zero-order valence-corrected chi connectivity index (χ0v) is 13.7. The van der Waals surface area contributed by atoms with Gasteiger partial charge in [-0.2, -0.15) is 0 Å². The molecule has 0 aliphatic carbocycles. The fourth-order valence-electron chi connectivity index (χ4n) is 2.57. The number of amides is 2. The number of nitrogens with one attached hydrogen (secondary N) is 2. The molecule has 2 rings (SSSR count). The van der Waals surface area contributed by atoms with Gasteiger partial charge in [-0.3, -0.25) is 9.59 Å². The normalized spacial score (nSPS) is 16.0. The minimum atomic E-state index is -0.0202. The summed E-state index contributed by atoms with van der Waals surface area (Å²) in [5.74, 6) is 0.0658. The van der Waals surface area contributed by atoms with Gasteiger partial charge in [0, 0.05) is 19.6 Å². The first-order chi connectivity index (χ1) is 11.1. The number of morpholine rings is 1. The van der Waals surface area contributed by atoms with Crippen molar-refractivity contribution in [2.75, 3.05) is 53.0 Å². The van der Waals surface area contributed by atoms with Crippen LogP contribution in [0.2, 0.25) is 0 Å². The van der Waals surface area contributed by atoms with Crippen molar-refractivity contribution in [2.24, 2.45) is 0 Å². The number of rotatable bonds is 7. The zero-order valence-electron chi connectivity index (χ0n) is 13.7. The molecule has 1 unspecified atom stereocenters. The van der Waals surface area contributed by atoms with Gasteiger partial charge in [0.25, 0.3) is 11.8 Å². The molecule has 1 aromatic carbocycles. The summed E-state index contributed by atoms with van der Waals surface area (Å²) in [4.78, 5) is 26.7. The number of hydrogen-bond donors (Lipinski definition) is 2. The average molecular weight is 320 g/mol. The third kappa shape index (κ3) is 6.38. The van der Waals surface area contributed by atoms with Crippen molar-refractivity contribution >= 4 is 11.8 Å². The van der Waals surface area contributed by atoms with E-state index in [2.05, 4.69) is 5.32 Å². The molecule has 1 aliphatic heterocycles. The summed E-state index contributed by atoms with van der Waals surface area (Å²) >= 11 is 0. The first-order valence-electron chi connectivity index (χ1n) is 8.12. The highest BCUT2D eigenvalue weighted by Crippen LogP contribution is 1.98. The highest BCUT2D eigenvalue weighted by atomic mass is 16.5. The summed E-state index contributed by atoms with van der Waals surface area (Å²) in [6.45, 7) is 3.77. The van der Waals surface area contributed by atoms with Gasteiger partial charge in [0.2, 0.25) is 0 Å². The van der Waals surface area contributed by atoms with Crippen LogP contribution < -0.4 is 10.2 Å². The van der Waals surface area contributed by atoms with Crippen LogP contribution in [-0.2, 0) is 20.7 Å². The number of carbonyl (C=O) groups excluding carboxylic acids is 2. The molecule has 0 saturated carbocycles. The lowest BCUT2D eigenvalue weighted by Gasteiger charge is -2.27. The summed E-state index contributed by atoms with van der Waals surface area (Å²) in [7, 11) is 1.87. The molecule has 0 radical (unpaired) electrons. The third-order valence-corrected chi connectivity index (χ3v) is 3.86. The Labute approximate surface area is 137 Å². The Kier molecular flexibility index (Phi) is 7.03. The van der Waals surface area contributed by atoms with E-state index in [9.17, 15) is 9.59 Å². The molecular formula is C17H26N3O3+. The molecule has 2 amide bonds. The molecule has 6 heteroatoms. The van der Waals surface area contributed by atoms with E-state index in [1.54, 1.807) is 4.90 Å². The topological polar surface area (TPSA) is 63.1 Å². The molecule has 2 N–H and O–H groups in total. The van der Waals surface area contributed by atoms with Crippen LogP contribution in [0.1, 0.15) is 5.56 Å². The lowest BCUT2D eigenvalue weighted by molar-refractivity contribution is -0.863. The first kappa shape index (κ1) is 17.4. The zero-order chi connectivity index (χ0) is 16.5. The van der Waals surface area contributed by atoms with Crippen molar-refractivity contribution in [3.8, 4) is 0 Å². The monoisotopic (exact) mass is 320 g/mol. The molecule has 126 valence electrons. The summed E-state index contributed by atoms with van der Waals surface area (Å²) in [6.07, 6.45) is 0.818. The number of ether oxygens (including phenoxy) is 1. The lowest BCUT2D eigenvalue weighted by atomic mass is 10.1. The Morgan fingerprint density at radius 3 is 2.57 bits per heavy atom. The van der Waals surface area contributed by atoms with Crippen molar-refractivity contribution in [1.29, 1.82) is 0 Å². The van der Waals surface area contributed by atoms with Gasteiger partial charge in [-0.05, 0) is 12.0 Å². The Balaban J connectivity index is 1.63. The van der Waals surface area contributed by atoms with Gasteiger partial charge in [-0.25, -0.2) is 0 Å². The maximum Gasteiger partial charge on any atom is 0.277 e. The fourth-order valence-corrected chi connectivity index (χ4v) is 2.57. The van der Waals surface area contributed by atoms with Crippen molar-refractivity contribution in [1.82, 2.24) is 10.2 Å². The number of carbonyl (C=O) groups is 2. The quantitative estimate of drug-likeness (QED) is 0.658. The smallest absolute Gasteiger partial charge is 0.277 e. The van der Waals surface area contributed by atoms with E-state index in [4.69, 9.17) is 4.74 Å². The SMILES string of the molecule is C[NH+](CC(=O)NCCc1ccccc1)CC(=O)N1CCOCC1. The van der Waals surface area contributed by atoms with Crippen LogP contribution in [0.4, 0.5) is 0 Å². The first-order valence-corrected chi connectivity index (χ1v) is 8.12. The molecular weight excluding hydrogens is 294 g/mol. The van der Waals surface area contributed by atoms with Crippen LogP contribution in [0.5, 0.6) is 0 Å². The Morgan fingerprint density at radius 2 is 1.87 bits per heavy atom. The van der Waals surface area contributed by atoms with E-state index in [0.717, 1.165) is 11.3 Å². The minimum Gasteiger partial charge on any atom is -0.378 e. The summed E-state index contributed by atoms with van der Waals surface area (Å²) < 4.78 is 5.24. The fraction of sp³-hybridized carbons (Fsp3) is 0.529. The van der Waals surface area contributed by atoms with Crippen molar-refractivity contribution < 1.29 is 19.2 Å². The second kappa shape index (κ2) is 9.27. The predicted molar refractivity (Wildman–Crippen MR) is 87.2 cm³/mol. The van der Waals surface area contributed by atoms with Gasteiger partial charge in [0.1, 0.15) is 0 Å². The summed E-state index contributed by atoms with van der Waals surface area (Å²) in [6, 6.07) is 10.1. The van der Waals surface area contributed by atoms with E-state index < -0.39 is 0 Å². The van der Waals surface area contributed by atoms with E-state index in [1.807, 2.05) is 37.4 Å². The lowest BCUT2D eigenvalue weighted by Crippen LogP contribution is -3.11. The van der Waals surface area contributed by atoms with Gasteiger partial charge in [0.15, 0.2) is 13.1 Å². The highest BCUT2D eigenvalue weighted by Gasteiger charge is 2.21. The van der Waals surface area contributed by atoms with Crippen molar-refractivity contribution in [2.45, 2.75) is 6.42 Å². The largest absolute Gasteiger partial charge is 0.378 e. The maximum absolute atomic E-state index is 12.1. The standard InChI is InChI=1S/C17H25N3O3/c1-19(14-17(22)20-9-11-23-12-10-20)13-16(21)18-8-7-15-5-3-2-4-6-15/h2-6H,7-14H2,1H3,(H,18,21)/p+1. The third-order valence-electron chi connectivity index (χ3n) is 3.86. The van der Waals surface area contributed by atoms with Crippen LogP contribution in [0.3, 0.4) is 0 Å². The number of benzene rings is 1. The number of quaternary nitrogens is 1. The highest BCUT2D eigenvalue weighted by molar-refractivity contribution is 5.79. The Morgan fingerprint density at radius 1 is 1.17 bits per heavy atom. The number of hydrogen-bond acceptors (Lipinski definition) is 3. The van der Waals surface area contributed by atoms with Gasteiger partial charge in [0.05, 0.1) is 20.3 Å². The van der Waals surface area contributed by atoms with Crippen LogP contribution in [-0.4, -0.2) is 69.7 Å². The summed E-state index contributed by atoms with van der Waals surface area (Å²) in [5, 5.41) is 2.91. The molecule has 1 atom stereocenters. The predicted octanol–water partition coefficient (Wildman–Crippen LogP) is -1.28. The molecule has 1 saturated heterocycles. The van der Waals surface area contributed by atoms with Gasteiger partial charge >= 0.3 is 0 Å². The van der Waals surface area contributed by atoms with Crippen LogP contribution in [0, 0.1) is 0 Å². The number of likely N-dealkylation sites (N-methyl/N-ethyl adjacent to an activating group) is 1. The summed E-state index contributed by atoms with van der Waals surface area (Å²) in [5.41, 5.74) is 1.20. The van der Waals surface area contributed by atoms with Gasteiger partial charge < -0.3 is 19.9 Å². The van der Waals surface area contributed by atoms with E-state index in [1.165, 1.54) is 5.56 Å². The number of nitrogens with zero attached hydrogens (tertiary/aromatic N) is 1. The van der Waals surface area contributed by atoms with Crippen LogP contribution >= 0.6 is 0 Å². The second-order valence-electron chi connectivity index (χ2n) is 5.89. The molecule has 1 aliphatic rings. The van der Waals surface area contributed by atoms with Crippen molar-refractivity contribution in [3.63, 3.8) is 0 Å². The van der Waals surface area contributed by atoms with Gasteiger partial charge in [-0.15, -0.1) is 0 Å². The van der Waals surface area contributed by atoms with Crippen LogP contribution in [0.25, 0.3) is 0 Å². The van der Waals surface area contributed by atoms with E-state index >= 15 is 0 Å². The van der Waals surface area contributed by atoms with Gasteiger partial charge in [-0.1, -0.05) is 30.3 Å². The second-order valence-corrected chi connectivity index (χ2v) is 5.89. The molecule has 0 bridgehead atoms. The molecule has 0 spiro atoms. The van der Waals surface area contributed by atoms with E-state index in [0.29, 0.717) is 45.9 Å². The van der Waals surface area contributed by atoms with Crippen molar-refractivity contribution in [3.05, 3.63) is 35.9 Å². The average Bonchev–Trinajstić information content (AvgIpc) is 2.56. The minimum absolute atomic E-state index is 0.0202. The molecule has 0 aromatic heterocycles. The maximum atomic E-state index is 12.1. The Hall–Kier alpha value is -1.92. The van der Waals surface area contributed by atoms with Crippen LogP contribution in [0.15, 0.2) is 30.3 Å². The molecule has 23 heavy (non-hydrogen) atoms. The Bertz CT molecular complexity index is 501. The van der Waals surface area contributed by atoms with E-state index in [-0.39, 0.29) is 11.8 Å². The molecule has 1 fully saturated rings. The molecule has 1 heterocycles. The molecule has 1 aromatic rings. The molecule has 6 nitrogen and oxygen atoms in total.